The lowest BCUT2D eigenvalue weighted by Crippen LogP contribution is -2.52. The van der Waals surface area contributed by atoms with Gasteiger partial charge in [-0.25, -0.2) is 0 Å². The summed E-state index contributed by atoms with van der Waals surface area (Å²) in [5.41, 5.74) is 9.63. The van der Waals surface area contributed by atoms with E-state index in [1.807, 2.05) is 54.6 Å². The van der Waals surface area contributed by atoms with Gasteiger partial charge in [-0.1, -0.05) is 72.8 Å². The van der Waals surface area contributed by atoms with Crippen molar-refractivity contribution in [2.45, 2.75) is 57.2 Å². The molecule has 41 heavy (non-hydrogen) atoms. The maximum Gasteiger partial charge on any atom is 0.245 e. The molecule has 214 valence electrons. The number of hydrogen-bond donors (Lipinski definition) is 3. The Hall–Kier alpha value is -4.48. The molecule has 3 atom stereocenters. The molecule has 8 nitrogen and oxygen atoms in total. The molecule has 1 aliphatic carbocycles. The Bertz CT molecular complexity index is 1270. The smallest absolute Gasteiger partial charge is 0.245 e. The Morgan fingerprint density at radius 1 is 1.02 bits per heavy atom. The first-order chi connectivity index (χ1) is 19.9. The highest BCUT2D eigenvalue weighted by Gasteiger charge is 2.28. The quantitative estimate of drug-likeness (QED) is 0.385. The number of carbonyl (C=O) groups excluding carboxylic acids is 3. The van der Waals surface area contributed by atoms with Crippen molar-refractivity contribution in [3.63, 3.8) is 0 Å². The molecular weight excluding hydrogens is 514 g/mol. The van der Waals surface area contributed by atoms with E-state index < -0.39 is 12.1 Å². The van der Waals surface area contributed by atoms with Crippen molar-refractivity contribution in [1.29, 1.82) is 5.26 Å². The summed E-state index contributed by atoms with van der Waals surface area (Å²) in [6.07, 6.45) is 5.24. The Balaban J connectivity index is 0.000000210. The van der Waals surface area contributed by atoms with Crippen LogP contribution in [0.15, 0.2) is 84.9 Å². The minimum atomic E-state index is -0.672. The molecule has 3 unspecified atom stereocenters. The van der Waals surface area contributed by atoms with Gasteiger partial charge in [0.05, 0.1) is 23.7 Å². The summed E-state index contributed by atoms with van der Waals surface area (Å²) in [6, 6.07) is 28.4. The zero-order valence-corrected chi connectivity index (χ0v) is 23.5. The molecule has 8 heteroatoms. The van der Waals surface area contributed by atoms with E-state index in [1.54, 1.807) is 30.0 Å². The van der Waals surface area contributed by atoms with E-state index in [1.165, 1.54) is 11.1 Å². The Kier molecular flexibility index (Phi) is 12.6. The number of nitriles is 1. The highest BCUT2D eigenvalue weighted by atomic mass is 16.2. The highest BCUT2D eigenvalue weighted by molar-refractivity contribution is 5.89. The van der Waals surface area contributed by atoms with E-state index in [4.69, 9.17) is 11.0 Å². The number of amides is 3. The average molecular weight is 554 g/mol. The second kappa shape index (κ2) is 16.6. The van der Waals surface area contributed by atoms with Gasteiger partial charge in [0.25, 0.3) is 0 Å². The number of nitrogens with two attached hydrogens (primary N) is 1. The average Bonchev–Trinajstić information content (AvgIpc) is 3.69. The van der Waals surface area contributed by atoms with Crippen LogP contribution in [0.4, 0.5) is 0 Å². The zero-order chi connectivity index (χ0) is 29.5. The van der Waals surface area contributed by atoms with Crippen LogP contribution in [0.2, 0.25) is 0 Å². The third-order valence-corrected chi connectivity index (χ3v) is 7.01. The largest absolute Gasteiger partial charge is 0.352 e. The van der Waals surface area contributed by atoms with Gasteiger partial charge in [0.2, 0.25) is 18.2 Å². The van der Waals surface area contributed by atoms with E-state index >= 15 is 0 Å². The number of aryl methyl sites for hydroxylation is 1. The summed E-state index contributed by atoms with van der Waals surface area (Å²) in [6.45, 7) is 3.03. The molecule has 1 aliphatic heterocycles. The number of nitrogens with one attached hydrogen (secondary N) is 2. The number of carbonyl (C=O) groups is 3. The van der Waals surface area contributed by atoms with Gasteiger partial charge in [0.1, 0.15) is 6.04 Å². The van der Waals surface area contributed by atoms with Crippen LogP contribution in [-0.4, -0.2) is 48.3 Å². The first-order valence-electron chi connectivity index (χ1n) is 14.0. The van der Waals surface area contributed by atoms with Crippen LogP contribution in [0.5, 0.6) is 0 Å². The van der Waals surface area contributed by atoms with E-state index in [0.29, 0.717) is 12.0 Å². The monoisotopic (exact) mass is 553 g/mol. The standard InChI is InChI=1S/C17H22N4O2.C10H11NO.C6H6/c1-12(19)16(22)20-15(17(23)21-7-2-3-8-21)10-13-5-4-6-14(9-13)11-18;12-7-11-10-6-5-8-3-1-2-4-9(8)10;1-2-4-6-5-3-1/h4-6,9,12,15H,2-3,7-8,10,19H2,1H3,(H,20,22);1-4,7,10H,5-6H2,(H,11,12);1-6H. The van der Waals surface area contributed by atoms with Crippen molar-refractivity contribution < 1.29 is 14.4 Å². The van der Waals surface area contributed by atoms with Crippen LogP contribution in [0.25, 0.3) is 0 Å². The van der Waals surface area contributed by atoms with Crippen LogP contribution in [0.1, 0.15) is 54.5 Å². The summed E-state index contributed by atoms with van der Waals surface area (Å²) < 4.78 is 0. The van der Waals surface area contributed by atoms with Crippen LogP contribution in [0, 0.1) is 11.3 Å². The van der Waals surface area contributed by atoms with Gasteiger partial charge in [-0.2, -0.15) is 5.26 Å². The maximum absolute atomic E-state index is 12.7. The lowest BCUT2D eigenvalue weighted by Gasteiger charge is -2.25. The van der Waals surface area contributed by atoms with Crippen LogP contribution < -0.4 is 16.4 Å². The van der Waals surface area contributed by atoms with Crippen molar-refractivity contribution in [2.75, 3.05) is 13.1 Å². The minimum Gasteiger partial charge on any atom is -0.352 e. The molecule has 4 N–H and O–H groups in total. The van der Waals surface area contributed by atoms with Crippen LogP contribution >= 0.6 is 0 Å². The zero-order valence-electron chi connectivity index (χ0n) is 23.5. The maximum atomic E-state index is 12.7. The number of hydrogen-bond acceptors (Lipinski definition) is 5. The van der Waals surface area contributed by atoms with Crippen LogP contribution in [0.3, 0.4) is 0 Å². The lowest BCUT2D eigenvalue weighted by atomic mass is 10.0. The third-order valence-electron chi connectivity index (χ3n) is 7.01. The van der Waals surface area contributed by atoms with Crippen molar-refractivity contribution >= 4 is 18.2 Å². The third kappa shape index (κ3) is 9.89. The second-order valence-corrected chi connectivity index (χ2v) is 10.1. The molecule has 0 bridgehead atoms. The van der Waals surface area contributed by atoms with Crippen molar-refractivity contribution in [3.05, 3.63) is 107 Å². The van der Waals surface area contributed by atoms with Gasteiger partial charge in [-0.05, 0) is 61.4 Å². The molecule has 3 aromatic carbocycles. The number of likely N-dealkylation sites (tertiary alicyclic amines) is 1. The molecule has 0 spiro atoms. The summed E-state index contributed by atoms with van der Waals surface area (Å²) in [5.74, 6) is -0.433. The van der Waals surface area contributed by atoms with Gasteiger partial charge in [0.15, 0.2) is 0 Å². The van der Waals surface area contributed by atoms with Gasteiger partial charge in [0, 0.05) is 19.5 Å². The molecule has 0 aromatic heterocycles. The molecule has 3 aromatic rings. The van der Waals surface area contributed by atoms with E-state index in [2.05, 4.69) is 28.8 Å². The predicted molar refractivity (Wildman–Crippen MR) is 159 cm³/mol. The Labute approximate surface area is 242 Å². The number of rotatable bonds is 7. The molecule has 1 saturated heterocycles. The summed E-state index contributed by atoms with van der Waals surface area (Å²) in [5, 5.41) is 14.5. The molecule has 1 fully saturated rings. The Morgan fingerprint density at radius 2 is 1.68 bits per heavy atom. The first kappa shape index (κ1) is 31.1. The fourth-order valence-corrected chi connectivity index (χ4v) is 4.86. The molecular formula is C33H39N5O3. The van der Waals surface area contributed by atoms with Gasteiger partial charge in [-0.15, -0.1) is 0 Å². The van der Waals surface area contributed by atoms with E-state index in [9.17, 15) is 14.4 Å². The first-order valence-corrected chi connectivity index (χ1v) is 14.0. The fraction of sp³-hybridized carbons (Fsp3) is 0.333. The molecule has 3 amide bonds. The lowest BCUT2D eigenvalue weighted by molar-refractivity contribution is -0.135. The number of nitrogens with zero attached hydrogens (tertiary/aromatic N) is 2. The van der Waals surface area contributed by atoms with Crippen molar-refractivity contribution in [1.82, 2.24) is 15.5 Å². The molecule has 1 heterocycles. The summed E-state index contributed by atoms with van der Waals surface area (Å²) >= 11 is 0. The second-order valence-electron chi connectivity index (χ2n) is 10.1. The van der Waals surface area contributed by atoms with E-state index in [-0.39, 0.29) is 17.9 Å². The van der Waals surface area contributed by atoms with Crippen LogP contribution in [-0.2, 0) is 27.2 Å². The highest BCUT2D eigenvalue weighted by Crippen LogP contribution is 2.30. The van der Waals surface area contributed by atoms with Crippen molar-refractivity contribution in [2.24, 2.45) is 5.73 Å². The summed E-state index contributed by atoms with van der Waals surface area (Å²) in [7, 11) is 0. The normalized spacial score (nSPS) is 16.3. The van der Waals surface area contributed by atoms with Crippen molar-refractivity contribution in [3.8, 4) is 6.07 Å². The Morgan fingerprint density at radius 3 is 2.29 bits per heavy atom. The number of benzene rings is 3. The molecule has 2 aliphatic rings. The van der Waals surface area contributed by atoms with E-state index in [0.717, 1.165) is 50.7 Å². The SMILES string of the molecule is CC(N)C(=O)NC(Cc1cccc(C#N)c1)C(=O)N1CCCC1.O=CNC1CCc2ccccc21.c1ccccc1. The molecule has 5 rings (SSSR count). The topological polar surface area (TPSA) is 128 Å². The molecule has 0 radical (unpaired) electrons. The van der Waals surface area contributed by atoms with Gasteiger partial charge >= 0.3 is 0 Å². The van der Waals surface area contributed by atoms with Gasteiger partial charge < -0.3 is 21.3 Å². The predicted octanol–water partition coefficient (Wildman–Crippen LogP) is 3.66. The molecule has 0 saturated carbocycles. The number of fused-ring (bicyclic) bond motifs is 1. The minimum absolute atomic E-state index is 0.0844. The summed E-state index contributed by atoms with van der Waals surface area (Å²) in [4.78, 5) is 36.6. The fourth-order valence-electron chi connectivity index (χ4n) is 4.86. The van der Waals surface area contributed by atoms with Gasteiger partial charge in [-0.3, -0.25) is 14.4 Å².